The molecule has 0 saturated carbocycles. The first-order valence-electron chi connectivity index (χ1n) is 8.57. The van der Waals surface area contributed by atoms with Gasteiger partial charge in [-0.05, 0) is 52.1 Å². The number of aryl methyl sites for hydroxylation is 2. The molecular weight excluding hydrogens is 378 g/mol. The highest BCUT2D eigenvalue weighted by Gasteiger charge is 2.30. The first kappa shape index (κ1) is 22.9. The molecule has 10 heteroatoms. The van der Waals surface area contributed by atoms with Gasteiger partial charge < -0.3 is 10.6 Å². The minimum atomic E-state index is -3.81. The molecule has 1 saturated heterocycles. The molecule has 0 radical (unpaired) electrons. The summed E-state index contributed by atoms with van der Waals surface area (Å²) in [5.41, 5.74) is 1.01. The Bertz CT molecular complexity index is 741. The van der Waals surface area contributed by atoms with Crippen molar-refractivity contribution in [1.29, 1.82) is 0 Å². The molecule has 1 aliphatic rings. The zero-order valence-corrected chi connectivity index (χ0v) is 17.7. The van der Waals surface area contributed by atoms with Crippen LogP contribution in [0.25, 0.3) is 0 Å². The second-order valence-electron chi connectivity index (χ2n) is 7.24. The maximum absolute atomic E-state index is 12.6. The molecule has 2 rings (SSSR count). The lowest BCUT2D eigenvalue weighted by atomic mass is 9.81. The van der Waals surface area contributed by atoms with Gasteiger partial charge in [-0.3, -0.25) is 9.48 Å². The topological polar surface area (TPSA) is 105 Å². The molecule has 1 atom stereocenters. The number of nitrogens with one attached hydrogen (secondary N) is 3. The molecule has 0 spiro atoms. The highest BCUT2D eigenvalue weighted by molar-refractivity contribution is 7.89. The predicted octanol–water partition coefficient (Wildman–Crippen LogP) is 0.631. The Balaban J connectivity index is 0.00000338. The van der Waals surface area contributed by atoms with E-state index in [-0.39, 0.29) is 28.6 Å². The van der Waals surface area contributed by atoms with E-state index in [1.165, 1.54) is 4.68 Å². The fourth-order valence-electron chi connectivity index (χ4n) is 3.15. The van der Waals surface area contributed by atoms with E-state index < -0.39 is 16.1 Å². The molecule has 150 valence electrons. The van der Waals surface area contributed by atoms with Gasteiger partial charge in [-0.25, -0.2) is 8.42 Å². The molecule has 26 heavy (non-hydrogen) atoms. The quantitative estimate of drug-likeness (QED) is 0.641. The number of nitrogens with zero attached hydrogens (tertiary/aromatic N) is 2. The largest absolute Gasteiger partial charge is 0.354 e. The van der Waals surface area contributed by atoms with E-state index in [4.69, 9.17) is 0 Å². The highest BCUT2D eigenvalue weighted by atomic mass is 35.5. The maximum Gasteiger partial charge on any atom is 0.244 e. The lowest BCUT2D eigenvalue weighted by molar-refractivity contribution is -0.122. The summed E-state index contributed by atoms with van der Waals surface area (Å²) in [4.78, 5) is 12.5. The third-order valence-corrected chi connectivity index (χ3v) is 6.73. The van der Waals surface area contributed by atoms with E-state index in [2.05, 4.69) is 27.4 Å². The number of hydrogen-bond donors (Lipinski definition) is 3. The number of aromatic nitrogens is 2. The Hall–Kier alpha value is -1.16. The summed E-state index contributed by atoms with van der Waals surface area (Å²) < 4.78 is 29.2. The summed E-state index contributed by atoms with van der Waals surface area (Å²) in [5, 5.41) is 10.3. The van der Waals surface area contributed by atoms with E-state index in [9.17, 15) is 13.2 Å². The van der Waals surface area contributed by atoms with E-state index in [0.29, 0.717) is 17.9 Å². The van der Waals surface area contributed by atoms with Gasteiger partial charge in [-0.1, -0.05) is 6.92 Å². The number of hydrogen-bond acceptors (Lipinski definition) is 5. The van der Waals surface area contributed by atoms with Crippen molar-refractivity contribution >= 4 is 28.3 Å². The van der Waals surface area contributed by atoms with Crippen LogP contribution in [0.4, 0.5) is 0 Å². The molecule has 1 aromatic rings. The van der Waals surface area contributed by atoms with Crippen LogP contribution in [0, 0.1) is 19.3 Å². The van der Waals surface area contributed by atoms with Crippen LogP contribution in [-0.4, -0.2) is 49.8 Å². The van der Waals surface area contributed by atoms with Crippen LogP contribution in [0.15, 0.2) is 4.90 Å². The Morgan fingerprint density at radius 1 is 1.35 bits per heavy atom. The third kappa shape index (κ3) is 5.18. The molecule has 0 aliphatic carbocycles. The number of sulfonamides is 1. The predicted molar refractivity (Wildman–Crippen MR) is 103 cm³/mol. The van der Waals surface area contributed by atoms with Crippen molar-refractivity contribution in [1.82, 2.24) is 25.1 Å². The second kappa shape index (κ2) is 8.69. The fourth-order valence-corrected chi connectivity index (χ4v) is 4.79. The van der Waals surface area contributed by atoms with Crippen molar-refractivity contribution in [3.05, 3.63) is 11.4 Å². The first-order chi connectivity index (χ1) is 11.6. The standard InChI is InChI=1S/C16H29N5O3S.ClH/c1-11-14(13(3)21(5)19-11)25(23,24)20-12(2)15(22)18-10-16(4)6-8-17-9-7-16;/h12,17,20H,6-10H2,1-5H3,(H,18,22);1H. The molecule has 2 heterocycles. The molecule has 3 N–H and O–H groups in total. The van der Waals surface area contributed by atoms with Crippen molar-refractivity contribution in [2.45, 2.75) is 51.5 Å². The molecule has 1 amide bonds. The number of halogens is 1. The fraction of sp³-hybridized carbons (Fsp3) is 0.750. The van der Waals surface area contributed by atoms with Crippen LogP contribution in [-0.2, 0) is 21.9 Å². The lowest BCUT2D eigenvalue weighted by Crippen LogP contribution is -2.49. The average molecular weight is 408 g/mol. The Morgan fingerprint density at radius 3 is 2.42 bits per heavy atom. The smallest absolute Gasteiger partial charge is 0.244 e. The Kier molecular flexibility index (Phi) is 7.64. The minimum absolute atomic E-state index is 0. The second-order valence-corrected chi connectivity index (χ2v) is 8.90. The summed E-state index contributed by atoms with van der Waals surface area (Å²) in [7, 11) is -2.12. The Labute approximate surface area is 162 Å². The molecule has 0 bridgehead atoms. The van der Waals surface area contributed by atoms with Crippen LogP contribution >= 0.6 is 12.4 Å². The molecule has 0 aromatic carbocycles. The SMILES string of the molecule is Cc1nn(C)c(C)c1S(=O)(=O)NC(C)C(=O)NCC1(C)CCNCC1.Cl. The van der Waals surface area contributed by atoms with Crippen molar-refractivity contribution in [3.8, 4) is 0 Å². The maximum atomic E-state index is 12.6. The van der Waals surface area contributed by atoms with E-state index in [0.717, 1.165) is 25.9 Å². The normalized spacial score (nSPS) is 18.0. The van der Waals surface area contributed by atoms with Crippen LogP contribution in [0.2, 0.25) is 0 Å². The van der Waals surface area contributed by atoms with Crippen molar-refractivity contribution in [2.24, 2.45) is 12.5 Å². The summed E-state index contributed by atoms with van der Waals surface area (Å²) in [6.45, 7) is 9.46. The lowest BCUT2D eigenvalue weighted by Gasteiger charge is -2.34. The molecule has 1 aliphatic heterocycles. The monoisotopic (exact) mass is 407 g/mol. The summed E-state index contributed by atoms with van der Waals surface area (Å²) in [5.74, 6) is -0.317. The van der Waals surface area contributed by atoms with Gasteiger partial charge in [0, 0.05) is 13.6 Å². The zero-order valence-electron chi connectivity index (χ0n) is 16.0. The molecule has 1 aromatic heterocycles. The number of amides is 1. The molecule has 8 nitrogen and oxygen atoms in total. The number of carbonyl (C=O) groups is 1. The van der Waals surface area contributed by atoms with Crippen molar-refractivity contribution in [2.75, 3.05) is 19.6 Å². The zero-order chi connectivity index (χ0) is 18.8. The molecule has 1 unspecified atom stereocenters. The molecule has 1 fully saturated rings. The minimum Gasteiger partial charge on any atom is -0.354 e. The van der Waals surface area contributed by atoms with Crippen molar-refractivity contribution < 1.29 is 13.2 Å². The highest BCUT2D eigenvalue weighted by Crippen LogP contribution is 2.26. The van der Waals surface area contributed by atoms with Gasteiger partial charge in [0.05, 0.1) is 17.4 Å². The summed E-state index contributed by atoms with van der Waals surface area (Å²) in [6, 6.07) is -0.852. The number of carbonyl (C=O) groups excluding carboxylic acids is 1. The van der Waals surface area contributed by atoms with Crippen LogP contribution < -0.4 is 15.4 Å². The van der Waals surface area contributed by atoms with Crippen molar-refractivity contribution in [3.63, 3.8) is 0 Å². The van der Waals surface area contributed by atoms with Crippen LogP contribution in [0.3, 0.4) is 0 Å². The van der Waals surface area contributed by atoms with Gasteiger partial charge >= 0.3 is 0 Å². The average Bonchev–Trinajstić information content (AvgIpc) is 2.78. The van der Waals surface area contributed by atoms with Gasteiger partial charge in [0.25, 0.3) is 0 Å². The van der Waals surface area contributed by atoms with Gasteiger partial charge in [0.2, 0.25) is 15.9 Å². The van der Waals surface area contributed by atoms with Gasteiger partial charge in [-0.2, -0.15) is 9.82 Å². The van der Waals surface area contributed by atoms with Gasteiger partial charge in [-0.15, -0.1) is 12.4 Å². The van der Waals surface area contributed by atoms with E-state index in [1.54, 1.807) is 27.8 Å². The molecular formula is C16H30ClN5O3S. The van der Waals surface area contributed by atoms with E-state index in [1.807, 2.05) is 0 Å². The summed E-state index contributed by atoms with van der Waals surface area (Å²) in [6.07, 6.45) is 1.98. The van der Waals surface area contributed by atoms with Crippen LogP contribution in [0.5, 0.6) is 0 Å². The number of piperidine rings is 1. The Morgan fingerprint density at radius 2 is 1.92 bits per heavy atom. The third-order valence-electron chi connectivity index (χ3n) is 4.94. The summed E-state index contributed by atoms with van der Waals surface area (Å²) >= 11 is 0. The number of rotatable bonds is 6. The van der Waals surface area contributed by atoms with Gasteiger partial charge in [0.1, 0.15) is 4.90 Å². The van der Waals surface area contributed by atoms with Gasteiger partial charge in [0.15, 0.2) is 0 Å². The first-order valence-corrected chi connectivity index (χ1v) is 10.0. The van der Waals surface area contributed by atoms with Crippen LogP contribution in [0.1, 0.15) is 38.1 Å². The van der Waals surface area contributed by atoms with E-state index >= 15 is 0 Å².